The first-order valence-corrected chi connectivity index (χ1v) is 9.36. The van der Waals surface area contributed by atoms with Gasteiger partial charge in [0.2, 0.25) is 0 Å². The summed E-state index contributed by atoms with van der Waals surface area (Å²) >= 11 is 0. The van der Waals surface area contributed by atoms with Gasteiger partial charge in [0.15, 0.2) is 0 Å². The van der Waals surface area contributed by atoms with Crippen LogP contribution in [0.3, 0.4) is 0 Å². The number of carbonyl (C=O) groups excluding carboxylic acids is 1. The number of nitrogens with zero attached hydrogens (tertiary/aromatic N) is 1. The Kier molecular flexibility index (Phi) is 6.98. The van der Waals surface area contributed by atoms with Crippen LogP contribution < -0.4 is 0 Å². The second-order valence-corrected chi connectivity index (χ2v) is 7.23. The van der Waals surface area contributed by atoms with Crippen molar-refractivity contribution in [2.24, 2.45) is 0 Å². The van der Waals surface area contributed by atoms with Gasteiger partial charge in [-0.05, 0) is 45.0 Å². The lowest BCUT2D eigenvalue weighted by Crippen LogP contribution is -2.47. The Morgan fingerprint density at radius 3 is 1.81 bits per heavy atom. The normalized spacial score (nSPS) is 14.1. The van der Waals surface area contributed by atoms with E-state index >= 15 is 0 Å². The lowest BCUT2D eigenvalue weighted by atomic mass is 9.66. The van der Waals surface area contributed by atoms with Crippen molar-refractivity contribution >= 4 is 5.97 Å². The lowest BCUT2D eigenvalue weighted by Gasteiger charge is -2.43. The second-order valence-electron chi connectivity index (χ2n) is 7.23. The van der Waals surface area contributed by atoms with E-state index in [2.05, 4.69) is 81.4 Å². The fraction of sp³-hybridized carbons (Fsp3) is 0.435. The van der Waals surface area contributed by atoms with Crippen molar-refractivity contribution < 1.29 is 9.53 Å². The van der Waals surface area contributed by atoms with Crippen LogP contribution in [0, 0.1) is 0 Å². The van der Waals surface area contributed by atoms with Gasteiger partial charge in [-0.15, -0.1) is 0 Å². The predicted octanol–water partition coefficient (Wildman–Crippen LogP) is 4.65. The predicted molar refractivity (Wildman–Crippen MR) is 107 cm³/mol. The van der Waals surface area contributed by atoms with E-state index in [4.69, 9.17) is 4.74 Å². The van der Waals surface area contributed by atoms with Crippen LogP contribution in [-0.2, 0) is 14.9 Å². The second kappa shape index (κ2) is 9.00. The summed E-state index contributed by atoms with van der Waals surface area (Å²) in [6.07, 6.45) is 1.38. The Morgan fingerprint density at radius 2 is 1.46 bits per heavy atom. The molecule has 0 N–H and O–H groups in total. The molecule has 2 aromatic carbocycles. The van der Waals surface area contributed by atoms with Crippen LogP contribution in [0.15, 0.2) is 60.7 Å². The van der Waals surface area contributed by atoms with Gasteiger partial charge in [-0.2, -0.15) is 0 Å². The van der Waals surface area contributed by atoms with E-state index in [-0.39, 0.29) is 12.1 Å². The maximum absolute atomic E-state index is 11.9. The Labute approximate surface area is 158 Å². The molecule has 0 aliphatic rings. The van der Waals surface area contributed by atoms with Crippen LogP contribution in [0.1, 0.15) is 44.7 Å². The van der Waals surface area contributed by atoms with E-state index in [1.54, 1.807) is 0 Å². The van der Waals surface area contributed by atoms with Crippen molar-refractivity contribution in [2.45, 2.75) is 51.2 Å². The van der Waals surface area contributed by atoms with Gasteiger partial charge in [-0.25, -0.2) is 0 Å². The standard InChI is InChI=1S/C23H31NO2/c1-6-22(26-19(3)25)23(17-18(2)24(4)5,20-13-9-7-10-14-20)21-15-11-8-12-16-21/h7-16,18,22H,6,17H2,1-5H3/t18-,22+/m0/s1. The summed E-state index contributed by atoms with van der Waals surface area (Å²) in [5.41, 5.74) is 1.98. The van der Waals surface area contributed by atoms with Gasteiger partial charge in [0.1, 0.15) is 6.10 Å². The molecule has 3 heteroatoms. The van der Waals surface area contributed by atoms with Gasteiger partial charge in [0.25, 0.3) is 0 Å². The molecule has 26 heavy (non-hydrogen) atoms. The maximum Gasteiger partial charge on any atom is 0.302 e. The highest BCUT2D eigenvalue weighted by Crippen LogP contribution is 2.43. The van der Waals surface area contributed by atoms with Gasteiger partial charge in [-0.3, -0.25) is 4.79 Å². The first kappa shape index (κ1) is 20.2. The van der Waals surface area contributed by atoms with Crippen molar-refractivity contribution in [3.63, 3.8) is 0 Å². The number of esters is 1. The van der Waals surface area contributed by atoms with Crippen molar-refractivity contribution in [1.29, 1.82) is 0 Å². The van der Waals surface area contributed by atoms with E-state index in [0.29, 0.717) is 6.04 Å². The van der Waals surface area contributed by atoms with Crippen LogP contribution in [-0.4, -0.2) is 37.1 Å². The summed E-state index contributed by atoms with van der Waals surface area (Å²) in [7, 11) is 4.19. The molecule has 0 aromatic heterocycles. The molecular formula is C23H31NO2. The molecule has 0 saturated carbocycles. The first-order valence-electron chi connectivity index (χ1n) is 9.36. The van der Waals surface area contributed by atoms with Gasteiger partial charge in [-0.1, -0.05) is 67.6 Å². The first-order chi connectivity index (χ1) is 12.4. The summed E-state index contributed by atoms with van der Waals surface area (Å²) in [5, 5.41) is 0. The molecule has 0 radical (unpaired) electrons. The number of hydrogen-bond donors (Lipinski definition) is 0. The zero-order valence-corrected chi connectivity index (χ0v) is 16.6. The number of hydrogen-bond acceptors (Lipinski definition) is 3. The van der Waals surface area contributed by atoms with E-state index in [0.717, 1.165) is 12.8 Å². The van der Waals surface area contributed by atoms with Crippen molar-refractivity contribution in [3.8, 4) is 0 Å². The fourth-order valence-electron chi connectivity index (χ4n) is 3.76. The monoisotopic (exact) mass is 353 g/mol. The topological polar surface area (TPSA) is 29.5 Å². The molecule has 2 atom stereocenters. The number of carbonyl (C=O) groups is 1. The molecule has 0 bridgehead atoms. The van der Waals surface area contributed by atoms with Crippen molar-refractivity contribution in [2.75, 3.05) is 14.1 Å². The molecule has 0 aliphatic heterocycles. The minimum Gasteiger partial charge on any atom is -0.461 e. The number of benzene rings is 2. The Hall–Kier alpha value is -2.13. The summed E-state index contributed by atoms with van der Waals surface area (Å²) in [4.78, 5) is 14.1. The minimum atomic E-state index is -0.396. The largest absolute Gasteiger partial charge is 0.461 e. The molecule has 0 aliphatic carbocycles. The summed E-state index contributed by atoms with van der Waals surface area (Å²) in [5.74, 6) is -0.231. The molecule has 3 nitrogen and oxygen atoms in total. The average molecular weight is 354 g/mol. The van der Waals surface area contributed by atoms with Gasteiger partial charge >= 0.3 is 5.97 Å². The molecule has 0 amide bonds. The third-order valence-corrected chi connectivity index (χ3v) is 5.31. The highest BCUT2D eigenvalue weighted by Gasteiger charge is 2.44. The van der Waals surface area contributed by atoms with Crippen LogP contribution in [0.4, 0.5) is 0 Å². The van der Waals surface area contributed by atoms with Crippen molar-refractivity contribution in [3.05, 3.63) is 71.8 Å². The van der Waals surface area contributed by atoms with Gasteiger partial charge in [0, 0.05) is 13.0 Å². The Balaban J connectivity index is 2.71. The summed E-state index contributed by atoms with van der Waals surface area (Å²) < 4.78 is 5.90. The SMILES string of the molecule is CC[C@@H](OC(C)=O)C(C[C@H](C)N(C)C)(c1ccccc1)c1ccccc1. The van der Waals surface area contributed by atoms with E-state index in [9.17, 15) is 4.79 Å². The van der Waals surface area contributed by atoms with Crippen molar-refractivity contribution in [1.82, 2.24) is 4.90 Å². The maximum atomic E-state index is 11.9. The fourth-order valence-corrected chi connectivity index (χ4v) is 3.76. The third kappa shape index (κ3) is 4.34. The zero-order chi connectivity index (χ0) is 19.2. The molecular weight excluding hydrogens is 322 g/mol. The number of ether oxygens (including phenoxy) is 1. The molecule has 0 spiro atoms. The van der Waals surface area contributed by atoms with Crippen LogP contribution in [0.2, 0.25) is 0 Å². The molecule has 0 saturated heterocycles. The van der Waals surface area contributed by atoms with Gasteiger partial charge < -0.3 is 9.64 Å². The van der Waals surface area contributed by atoms with Crippen LogP contribution in [0.25, 0.3) is 0 Å². The third-order valence-electron chi connectivity index (χ3n) is 5.31. The van der Waals surface area contributed by atoms with E-state index in [1.165, 1.54) is 18.1 Å². The van der Waals surface area contributed by atoms with Gasteiger partial charge in [0.05, 0.1) is 5.41 Å². The minimum absolute atomic E-state index is 0.229. The lowest BCUT2D eigenvalue weighted by molar-refractivity contribution is -0.150. The highest BCUT2D eigenvalue weighted by atomic mass is 16.5. The Bertz CT molecular complexity index is 642. The zero-order valence-electron chi connectivity index (χ0n) is 16.6. The van der Waals surface area contributed by atoms with Crippen LogP contribution in [0.5, 0.6) is 0 Å². The molecule has 2 aromatic rings. The highest BCUT2D eigenvalue weighted by molar-refractivity contribution is 5.66. The smallest absolute Gasteiger partial charge is 0.302 e. The quantitative estimate of drug-likeness (QED) is 0.647. The average Bonchev–Trinajstić information content (AvgIpc) is 2.65. The summed E-state index contributed by atoms with van der Waals surface area (Å²) in [6, 6.07) is 21.2. The molecule has 0 heterocycles. The Morgan fingerprint density at radius 1 is 1.00 bits per heavy atom. The molecule has 140 valence electrons. The summed E-state index contributed by atoms with van der Waals surface area (Å²) in [6.45, 7) is 5.81. The van der Waals surface area contributed by atoms with E-state index in [1.807, 2.05) is 12.1 Å². The number of rotatable bonds is 8. The molecule has 0 unspecified atom stereocenters. The van der Waals surface area contributed by atoms with Crippen LogP contribution >= 0.6 is 0 Å². The molecule has 2 rings (SSSR count). The van der Waals surface area contributed by atoms with E-state index < -0.39 is 5.41 Å². The molecule has 0 fully saturated rings.